The molecule has 0 spiro atoms. The van der Waals surface area contributed by atoms with Crippen molar-refractivity contribution in [2.75, 3.05) is 11.1 Å². The summed E-state index contributed by atoms with van der Waals surface area (Å²) < 4.78 is 19.1. The normalized spacial score (nSPS) is 18.2. The second-order valence-electron chi connectivity index (χ2n) is 12.9. The number of para-hydroxylation sites is 1. The summed E-state index contributed by atoms with van der Waals surface area (Å²) >= 11 is 1.68. The molecule has 1 saturated heterocycles. The van der Waals surface area contributed by atoms with Gasteiger partial charge in [0.05, 0.1) is 23.8 Å². The van der Waals surface area contributed by atoms with Crippen LogP contribution in [-0.2, 0) is 22.6 Å². The fourth-order valence-corrected chi connectivity index (χ4v) is 7.22. The molecular weight excluding hydrogens is 683 g/mol. The van der Waals surface area contributed by atoms with Crippen LogP contribution < -0.4 is 15.4 Å². The van der Waals surface area contributed by atoms with Crippen LogP contribution in [-0.4, -0.2) is 28.0 Å². The Kier molecular flexibility index (Phi) is 11.8. The van der Waals surface area contributed by atoms with Crippen molar-refractivity contribution >= 4 is 23.5 Å². The van der Waals surface area contributed by atoms with Gasteiger partial charge in [-0.25, -0.2) is 9.78 Å². The molecule has 5 aromatic carbocycles. The highest BCUT2D eigenvalue weighted by Crippen LogP contribution is 2.43. The maximum Gasteiger partial charge on any atom is 0.319 e. The molecule has 8 nitrogen and oxygen atoms in total. The summed E-state index contributed by atoms with van der Waals surface area (Å²) in [5.74, 6) is 2.26. The predicted octanol–water partition coefficient (Wildman–Crippen LogP) is 9.94. The molecule has 4 atom stereocenters. The van der Waals surface area contributed by atoms with Crippen molar-refractivity contribution in [2.24, 2.45) is 5.92 Å². The van der Waals surface area contributed by atoms with Crippen molar-refractivity contribution in [3.63, 3.8) is 0 Å². The minimum atomic E-state index is -0.557. The van der Waals surface area contributed by atoms with Gasteiger partial charge in [0.1, 0.15) is 11.5 Å². The largest absolute Gasteiger partial charge is 0.457 e. The molecule has 9 heteroatoms. The third-order valence-electron chi connectivity index (χ3n) is 9.14. The summed E-state index contributed by atoms with van der Waals surface area (Å²) in [6.45, 7) is 2.53. The van der Waals surface area contributed by atoms with Crippen LogP contribution in [0.2, 0.25) is 0 Å². The average molecular weight is 724 g/mol. The minimum Gasteiger partial charge on any atom is -0.457 e. The van der Waals surface area contributed by atoms with Crippen LogP contribution in [0.1, 0.15) is 41.6 Å². The molecule has 0 bridgehead atoms. The van der Waals surface area contributed by atoms with E-state index in [0.29, 0.717) is 18.0 Å². The number of rotatable bonds is 12. The number of aliphatic hydroxyl groups is 1. The van der Waals surface area contributed by atoms with E-state index >= 15 is 0 Å². The lowest BCUT2D eigenvalue weighted by Crippen LogP contribution is -2.38. The Morgan fingerprint density at radius 2 is 1.49 bits per heavy atom. The number of benzene rings is 5. The summed E-state index contributed by atoms with van der Waals surface area (Å²) in [6.07, 6.45) is 0.973. The molecule has 0 radical (unpaired) electrons. The lowest BCUT2D eigenvalue weighted by atomic mass is 9.91. The molecule has 2 amide bonds. The maximum absolute atomic E-state index is 12.7. The van der Waals surface area contributed by atoms with E-state index in [0.717, 1.165) is 49.9 Å². The van der Waals surface area contributed by atoms with E-state index < -0.39 is 6.29 Å². The monoisotopic (exact) mass is 723 g/mol. The number of nitrogens with one attached hydrogen (secondary N) is 2. The number of carbonyl (C=O) groups is 1. The highest BCUT2D eigenvalue weighted by atomic mass is 32.2. The topological polar surface area (TPSA) is 102 Å². The molecule has 53 heavy (non-hydrogen) atoms. The number of aromatic nitrogens is 1. The molecule has 7 rings (SSSR count). The quantitative estimate of drug-likeness (QED) is 0.108. The second-order valence-corrected chi connectivity index (χ2v) is 13.9. The van der Waals surface area contributed by atoms with Crippen LogP contribution in [0.5, 0.6) is 11.5 Å². The number of pyridine rings is 1. The van der Waals surface area contributed by atoms with Crippen LogP contribution in [0.25, 0.3) is 11.1 Å². The Morgan fingerprint density at radius 1 is 0.755 bits per heavy atom. The Hall–Kier alpha value is -5.45. The van der Waals surface area contributed by atoms with Gasteiger partial charge in [-0.1, -0.05) is 97.9 Å². The first-order chi connectivity index (χ1) is 26.0. The van der Waals surface area contributed by atoms with Crippen LogP contribution in [0.3, 0.4) is 0 Å². The van der Waals surface area contributed by atoms with Crippen molar-refractivity contribution in [1.82, 2.24) is 10.3 Å². The Bertz CT molecular complexity index is 2060. The maximum atomic E-state index is 12.7. The predicted molar refractivity (Wildman–Crippen MR) is 209 cm³/mol. The number of urea groups is 1. The van der Waals surface area contributed by atoms with Crippen molar-refractivity contribution in [3.05, 3.63) is 174 Å². The van der Waals surface area contributed by atoms with Crippen molar-refractivity contribution in [2.45, 2.75) is 43.6 Å². The standard InChI is InChI=1S/C44H41N3O5S/c1-30-40(29-53-41-12-5-6-25-45-41)51-43(52-42(30)34-15-13-31(28-48)14-16-34)35-19-17-33(18-20-35)36-9-7-8-32(26-36)27-46-44(49)47-37-21-23-39(24-22-37)50-38-10-3-2-4-11-38/h2-26,30,40,42-43,48H,27-29H2,1H3,(H2,46,47,49)/t30-,40+,42+,43+/m1/s1. The summed E-state index contributed by atoms with van der Waals surface area (Å²) in [4.78, 5) is 17.2. The number of aliphatic hydroxyl groups excluding tert-OH is 1. The van der Waals surface area contributed by atoms with Crippen LogP contribution >= 0.6 is 11.8 Å². The molecule has 1 aliphatic heterocycles. The Labute approximate surface area is 314 Å². The van der Waals surface area contributed by atoms with E-state index in [-0.39, 0.29) is 30.8 Å². The molecule has 1 fully saturated rings. The van der Waals surface area contributed by atoms with Gasteiger partial charge in [0.2, 0.25) is 0 Å². The number of anilines is 1. The van der Waals surface area contributed by atoms with Gasteiger partial charge in [-0.2, -0.15) is 0 Å². The van der Waals surface area contributed by atoms with Gasteiger partial charge in [0.15, 0.2) is 6.29 Å². The number of amides is 2. The second kappa shape index (κ2) is 17.4. The third-order valence-corrected chi connectivity index (χ3v) is 10.2. The summed E-state index contributed by atoms with van der Waals surface area (Å²) in [5, 5.41) is 16.4. The molecule has 2 heterocycles. The van der Waals surface area contributed by atoms with Crippen molar-refractivity contribution in [1.29, 1.82) is 0 Å². The number of nitrogens with zero attached hydrogens (tertiary/aromatic N) is 1. The first-order valence-corrected chi connectivity index (χ1v) is 18.6. The SMILES string of the molecule is C[C@@H]1[C@H](CSc2ccccn2)O[C@H](c2ccc(-c3cccc(CNC(=O)Nc4ccc(Oc5ccccc5)cc4)c3)cc2)O[C@@H]1c1ccc(CO)cc1. The smallest absolute Gasteiger partial charge is 0.319 e. The zero-order chi connectivity index (χ0) is 36.4. The molecule has 1 aliphatic rings. The lowest BCUT2D eigenvalue weighted by molar-refractivity contribution is -0.268. The molecular formula is C44H41N3O5S. The summed E-state index contributed by atoms with van der Waals surface area (Å²) in [7, 11) is 0. The van der Waals surface area contributed by atoms with Gasteiger partial charge in [-0.3, -0.25) is 0 Å². The molecule has 3 N–H and O–H groups in total. The molecule has 0 aliphatic carbocycles. The number of hydrogen-bond donors (Lipinski definition) is 3. The molecule has 1 aromatic heterocycles. The number of ether oxygens (including phenoxy) is 3. The average Bonchev–Trinajstić information content (AvgIpc) is 3.21. The van der Waals surface area contributed by atoms with Gasteiger partial charge >= 0.3 is 6.03 Å². The number of carbonyl (C=O) groups excluding carboxylic acids is 1. The number of hydrogen-bond acceptors (Lipinski definition) is 7. The molecule has 0 saturated carbocycles. The lowest BCUT2D eigenvalue weighted by Gasteiger charge is -2.41. The highest BCUT2D eigenvalue weighted by Gasteiger charge is 2.38. The van der Waals surface area contributed by atoms with E-state index in [1.54, 1.807) is 18.0 Å². The highest BCUT2D eigenvalue weighted by molar-refractivity contribution is 7.99. The van der Waals surface area contributed by atoms with Crippen LogP contribution in [0, 0.1) is 5.92 Å². The van der Waals surface area contributed by atoms with E-state index in [4.69, 9.17) is 14.2 Å². The van der Waals surface area contributed by atoms with Crippen molar-refractivity contribution in [3.8, 4) is 22.6 Å². The third kappa shape index (κ3) is 9.51. The number of thioether (sulfide) groups is 1. The molecule has 0 unspecified atom stereocenters. The minimum absolute atomic E-state index is 0.000850. The Morgan fingerprint density at radius 3 is 2.23 bits per heavy atom. The van der Waals surface area contributed by atoms with E-state index in [1.807, 2.05) is 109 Å². The van der Waals surface area contributed by atoms with E-state index in [1.165, 1.54) is 0 Å². The van der Waals surface area contributed by atoms with Gasteiger partial charge in [-0.15, -0.1) is 11.8 Å². The first kappa shape index (κ1) is 35.9. The van der Waals surface area contributed by atoms with E-state index in [2.05, 4.69) is 58.9 Å². The summed E-state index contributed by atoms with van der Waals surface area (Å²) in [6, 6.07) is 46.8. The fourth-order valence-electron chi connectivity index (χ4n) is 6.19. The molecule has 268 valence electrons. The Balaban J connectivity index is 0.983. The summed E-state index contributed by atoms with van der Waals surface area (Å²) in [5.41, 5.74) is 6.57. The fraction of sp³-hybridized carbons (Fsp3) is 0.182. The first-order valence-electron chi connectivity index (χ1n) is 17.6. The molecule has 6 aromatic rings. The zero-order valence-electron chi connectivity index (χ0n) is 29.3. The van der Waals surface area contributed by atoms with Gasteiger partial charge in [0, 0.05) is 35.7 Å². The zero-order valence-corrected chi connectivity index (χ0v) is 30.1. The van der Waals surface area contributed by atoms with Crippen LogP contribution in [0.15, 0.2) is 157 Å². The van der Waals surface area contributed by atoms with E-state index in [9.17, 15) is 9.90 Å². The van der Waals surface area contributed by atoms with Crippen LogP contribution in [0.4, 0.5) is 10.5 Å². The van der Waals surface area contributed by atoms with Crippen molar-refractivity contribution < 1.29 is 24.1 Å². The van der Waals surface area contributed by atoms with Gasteiger partial charge in [-0.05, 0) is 82.4 Å². The van der Waals surface area contributed by atoms with Gasteiger partial charge in [0.25, 0.3) is 0 Å². The van der Waals surface area contributed by atoms with Gasteiger partial charge < -0.3 is 30.0 Å².